The van der Waals surface area contributed by atoms with Crippen LogP contribution in [-0.4, -0.2) is 58.6 Å². The van der Waals surface area contributed by atoms with Gasteiger partial charge in [-0.25, -0.2) is 4.98 Å². The van der Waals surface area contributed by atoms with E-state index in [2.05, 4.69) is 16.0 Å². The molecule has 4 rings (SSSR count). The molecule has 0 radical (unpaired) electrons. The van der Waals surface area contributed by atoms with Crippen molar-refractivity contribution >= 4 is 27.5 Å². The number of hydrogen-bond donors (Lipinski definition) is 1. The first-order valence-corrected chi connectivity index (χ1v) is 10.5. The monoisotopic (exact) mass is 399 g/mol. The van der Waals surface area contributed by atoms with E-state index in [9.17, 15) is 4.79 Å². The molecule has 3 heterocycles. The van der Waals surface area contributed by atoms with Gasteiger partial charge in [0.1, 0.15) is 5.76 Å². The Labute approximate surface area is 168 Å². The molecule has 0 spiro atoms. The quantitative estimate of drug-likeness (QED) is 0.677. The normalized spacial score (nSPS) is 18.6. The second kappa shape index (κ2) is 8.43. The minimum absolute atomic E-state index is 0.106. The molecule has 1 unspecified atom stereocenters. The molecule has 7 heteroatoms. The summed E-state index contributed by atoms with van der Waals surface area (Å²) >= 11 is 1.65. The van der Waals surface area contributed by atoms with Gasteiger partial charge in [-0.2, -0.15) is 0 Å². The highest BCUT2D eigenvalue weighted by atomic mass is 32.1. The first-order chi connectivity index (χ1) is 13.6. The Balaban J connectivity index is 1.38. The molecule has 0 saturated carbocycles. The zero-order valence-corrected chi connectivity index (χ0v) is 16.8. The summed E-state index contributed by atoms with van der Waals surface area (Å²) in [6.07, 6.45) is 3.09. The molecule has 1 atom stereocenters. The van der Waals surface area contributed by atoms with E-state index in [0.717, 1.165) is 60.9 Å². The first kappa shape index (κ1) is 19.1. The number of fused-ring (bicyclic) bond motifs is 1. The number of aromatic nitrogens is 1. The van der Waals surface area contributed by atoms with Gasteiger partial charge in [-0.3, -0.25) is 14.6 Å². The smallest absolute Gasteiger partial charge is 0.317 e. The number of benzene rings is 1. The van der Waals surface area contributed by atoms with Crippen molar-refractivity contribution < 1.29 is 14.3 Å². The van der Waals surface area contributed by atoms with Crippen LogP contribution >= 0.6 is 11.3 Å². The van der Waals surface area contributed by atoms with Crippen LogP contribution < -0.4 is 0 Å². The lowest BCUT2D eigenvalue weighted by molar-refractivity contribution is -0.138. The van der Waals surface area contributed by atoms with Crippen LogP contribution in [0, 0.1) is 0 Å². The molecule has 1 aromatic carbocycles. The molecule has 3 aromatic rings. The van der Waals surface area contributed by atoms with Gasteiger partial charge in [0.2, 0.25) is 0 Å². The molecule has 1 aliphatic heterocycles. The Morgan fingerprint density at radius 3 is 2.96 bits per heavy atom. The molecule has 148 valence electrons. The molecule has 6 nitrogen and oxygen atoms in total. The van der Waals surface area contributed by atoms with Crippen LogP contribution in [0.15, 0.2) is 40.8 Å². The molecular formula is C21H25N3O3S. The fourth-order valence-electron chi connectivity index (χ4n) is 3.86. The number of nitrogens with zero attached hydrogens (tertiary/aromatic N) is 3. The summed E-state index contributed by atoms with van der Waals surface area (Å²) in [5.74, 6) is 1.01. The maximum atomic E-state index is 11.0. The Bertz CT molecular complexity index is 918. The molecule has 1 aliphatic rings. The van der Waals surface area contributed by atoms with E-state index in [4.69, 9.17) is 9.52 Å². The van der Waals surface area contributed by atoms with Crippen LogP contribution in [0.25, 0.3) is 21.0 Å². The second-order valence-electron chi connectivity index (χ2n) is 7.42. The summed E-state index contributed by atoms with van der Waals surface area (Å²) in [6.45, 7) is 2.84. The van der Waals surface area contributed by atoms with Crippen molar-refractivity contribution in [3.8, 4) is 10.8 Å². The Hall–Kier alpha value is -2.22. The number of hydrogen-bond acceptors (Lipinski definition) is 6. The summed E-state index contributed by atoms with van der Waals surface area (Å²) in [5.41, 5.74) is 1.00. The van der Waals surface area contributed by atoms with E-state index in [1.165, 1.54) is 4.70 Å². The van der Waals surface area contributed by atoms with Crippen molar-refractivity contribution in [2.24, 2.45) is 0 Å². The highest BCUT2D eigenvalue weighted by Crippen LogP contribution is 2.31. The molecule has 28 heavy (non-hydrogen) atoms. The SMILES string of the molecule is CN(CC(=O)O)C1CCCN(Cc2ccc(-c3nc4ccccc4s3)o2)CC1. The summed E-state index contributed by atoms with van der Waals surface area (Å²) in [4.78, 5) is 20.0. The predicted octanol–water partition coefficient (Wildman–Crippen LogP) is 3.93. The number of aliphatic carboxylic acids is 1. The number of likely N-dealkylation sites (tertiary alicyclic amines) is 1. The van der Waals surface area contributed by atoms with Crippen LogP contribution in [0.3, 0.4) is 0 Å². The van der Waals surface area contributed by atoms with Crippen molar-refractivity contribution in [3.05, 3.63) is 42.2 Å². The van der Waals surface area contributed by atoms with E-state index in [0.29, 0.717) is 6.04 Å². The molecule has 0 aliphatic carbocycles. The Kier molecular flexibility index (Phi) is 5.75. The van der Waals surface area contributed by atoms with Crippen LogP contribution in [0.5, 0.6) is 0 Å². The number of thiazole rings is 1. The van der Waals surface area contributed by atoms with Crippen LogP contribution in [-0.2, 0) is 11.3 Å². The van der Waals surface area contributed by atoms with Crippen molar-refractivity contribution in [3.63, 3.8) is 0 Å². The predicted molar refractivity (Wildman–Crippen MR) is 111 cm³/mol. The molecular weight excluding hydrogens is 374 g/mol. The third-order valence-corrected chi connectivity index (χ3v) is 6.39. The maximum Gasteiger partial charge on any atom is 0.317 e. The summed E-state index contributed by atoms with van der Waals surface area (Å²) in [7, 11) is 1.91. The van der Waals surface area contributed by atoms with Gasteiger partial charge in [-0.15, -0.1) is 11.3 Å². The highest BCUT2D eigenvalue weighted by Gasteiger charge is 2.22. The van der Waals surface area contributed by atoms with Crippen molar-refractivity contribution in [2.75, 3.05) is 26.7 Å². The summed E-state index contributed by atoms with van der Waals surface area (Å²) < 4.78 is 7.25. The van der Waals surface area contributed by atoms with Gasteiger partial charge in [0.05, 0.1) is 23.3 Å². The van der Waals surface area contributed by atoms with Gasteiger partial charge in [0.15, 0.2) is 10.8 Å². The first-order valence-electron chi connectivity index (χ1n) is 9.67. The van der Waals surface area contributed by atoms with Gasteiger partial charge in [-0.05, 0) is 57.1 Å². The lowest BCUT2D eigenvalue weighted by Gasteiger charge is -2.25. The van der Waals surface area contributed by atoms with E-state index in [-0.39, 0.29) is 6.54 Å². The van der Waals surface area contributed by atoms with Crippen molar-refractivity contribution in [1.29, 1.82) is 0 Å². The molecule has 1 fully saturated rings. The minimum atomic E-state index is -0.762. The Morgan fingerprint density at radius 1 is 1.29 bits per heavy atom. The van der Waals surface area contributed by atoms with Gasteiger partial charge >= 0.3 is 5.97 Å². The van der Waals surface area contributed by atoms with Gasteiger partial charge in [-0.1, -0.05) is 12.1 Å². The maximum absolute atomic E-state index is 11.0. The summed E-state index contributed by atoms with van der Waals surface area (Å²) in [5, 5.41) is 9.92. The van der Waals surface area contributed by atoms with Crippen molar-refractivity contribution in [1.82, 2.24) is 14.8 Å². The van der Waals surface area contributed by atoms with Crippen LogP contribution in [0.2, 0.25) is 0 Å². The summed E-state index contributed by atoms with van der Waals surface area (Å²) in [6, 6.07) is 12.5. The van der Waals surface area contributed by atoms with Gasteiger partial charge in [0.25, 0.3) is 0 Å². The lowest BCUT2D eigenvalue weighted by atomic mass is 10.1. The number of rotatable bonds is 6. The Morgan fingerprint density at radius 2 is 2.14 bits per heavy atom. The topological polar surface area (TPSA) is 69.8 Å². The molecule has 1 N–H and O–H groups in total. The number of para-hydroxylation sites is 1. The van der Waals surface area contributed by atoms with Crippen molar-refractivity contribution in [2.45, 2.75) is 31.8 Å². The zero-order valence-electron chi connectivity index (χ0n) is 16.0. The average Bonchev–Trinajstić information content (AvgIpc) is 3.23. The van der Waals surface area contributed by atoms with Crippen LogP contribution in [0.4, 0.5) is 0 Å². The fourth-order valence-corrected chi connectivity index (χ4v) is 4.78. The van der Waals surface area contributed by atoms with Gasteiger partial charge < -0.3 is 9.52 Å². The van der Waals surface area contributed by atoms with E-state index >= 15 is 0 Å². The number of furan rings is 1. The lowest BCUT2D eigenvalue weighted by Crippen LogP contribution is -2.36. The van der Waals surface area contributed by atoms with E-state index in [1.54, 1.807) is 11.3 Å². The van der Waals surface area contributed by atoms with E-state index < -0.39 is 5.97 Å². The third kappa shape index (κ3) is 4.43. The number of carbonyl (C=O) groups is 1. The molecule has 0 amide bonds. The number of carboxylic acid groups (broad SMARTS) is 1. The fraction of sp³-hybridized carbons (Fsp3) is 0.429. The van der Waals surface area contributed by atoms with Gasteiger partial charge in [0, 0.05) is 12.6 Å². The minimum Gasteiger partial charge on any atom is -0.480 e. The number of likely N-dealkylation sites (N-methyl/N-ethyl adjacent to an activating group) is 1. The molecule has 2 aromatic heterocycles. The number of carboxylic acids is 1. The standard InChI is InChI=1S/C21H25N3O3S/c1-23(14-20(25)26)15-5-4-11-24(12-10-15)13-16-8-9-18(27-16)21-22-17-6-2-3-7-19(17)28-21/h2-3,6-9,15H,4-5,10-14H2,1H3,(H,25,26). The second-order valence-corrected chi connectivity index (χ2v) is 8.45. The largest absolute Gasteiger partial charge is 0.480 e. The highest BCUT2D eigenvalue weighted by molar-refractivity contribution is 7.21. The van der Waals surface area contributed by atoms with Crippen LogP contribution in [0.1, 0.15) is 25.0 Å². The zero-order chi connectivity index (χ0) is 19.5. The third-order valence-electron chi connectivity index (χ3n) is 5.34. The molecule has 1 saturated heterocycles. The average molecular weight is 400 g/mol. The molecule has 0 bridgehead atoms. The van der Waals surface area contributed by atoms with E-state index in [1.807, 2.05) is 42.3 Å².